The van der Waals surface area contributed by atoms with Crippen LogP contribution in [0.2, 0.25) is 0 Å². The van der Waals surface area contributed by atoms with E-state index in [4.69, 9.17) is 9.47 Å². The van der Waals surface area contributed by atoms with E-state index in [2.05, 4.69) is 10.3 Å². The molecule has 0 bridgehead atoms. The highest BCUT2D eigenvalue weighted by Gasteiger charge is 2.38. The normalized spacial score (nSPS) is 17.3. The molecular weight excluding hydrogens is 405 g/mol. The lowest BCUT2D eigenvalue weighted by atomic mass is 10.00. The molecule has 0 atom stereocenters. The molecule has 1 aromatic carbocycles. The van der Waals surface area contributed by atoms with E-state index in [0.717, 1.165) is 43.5 Å². The number of aryl methyl sites for hydroxylation is 2. The summed E-state index contributed by atoms with van der Waals surface area (Å²) >= 11 is 1.44. The van der Waals surface area contributed by atoms with Crippen molar-refractivity contribution in [2.75, 3.05) is 11.9 Å². The molecule has 0 fully saturated rings. The van der Waals surface area contributed by atoms with Gasteiger partial charge in [-0.05, 0) is 51.7 Å². The highest BCUT2D eigenvalue weighted by Crippen LogP contribution is 2.45. The maximum Gasteiger partial charge on any atom is 0.416 e. The molecule has 1 amide bonds. The fraction of sp³-hybridized carbons (Fsp3) is 0.500. The Hall–Kier alpha value is -2.29. The quantitative estimate of drug-likeness (QED) is 0.765. The highest BCUT2D eigenvalue weighted by molar-refractivity contribution is 7.15. The molecule has 0 saturated carbocycles. The molecule has 0 spiro atoms. The van der Waals surface area contributed by atoms with Crippen LogP contribution in [0, 0.1) is 0 Å². The molecule has 1 aliphatic carbocycles. The van der Waals surface area contributed by atoms with E-state index >= 15 is 0 Å². The molecule has 0 saturated heterocycles. The molecule has 29 heavy (non-hydrogen) atoms. The summed E-state index contributed by atoms with van der Waals surface area (Å²) in [6.07, 6.45) is -0.112. The van der Waals surface area contributed by atoms with Crippen LogP contribution in [0.1, 0.15) is 48.4 Å². The van der Waals surface area contributed by atoms with Crippen molar-refractivity contribution in [2.45, 2.75) is 57.7 Å². The fourth-order valence-corrected chi connectivity index (χ4v) is 4.72. The predicted octanol–water partition coefficient (Wildman–Crippen LogP) is 4.77. The third-order valence-corrected chi connectivity index (χ3v) is 5.98. The van der Waals surface area contributed by atoms with Crippen LogP contribution in [-0.2, 0) is 30.2 Å². The molecule has 9 heteroatoms. The zero-order chi connectivity index (χ0) is 20.8. The molecule has 0 unspecified atom stereocenters. The maximum atomic E-state index is 13.2. The van der Waals surface area contributed by atoms with E-state index in [0.29, 0.717) is 17.1 Å². The summed E-state index contributed by atoms with van der Waals surface area (Å²) in [7, 11) is 0. The summed E-state index contributed by atoms with van der Waals surface area (Å²) in [6, 6.07) is 1.96. The van der Waals surface area contributed by atoms with Crippen molar-refractivity contribution in [3.63, 3.8) is 0 Å². The number of anilines is 1. The smallest absolute Gasteiger partial charge is 0.416 e. The van der Waals surface area contributed by atoms with Gasteiger partial charge < -0.3 is 9.47 Å². The average Bonchev–Trinajstić information content (AvgIpc) is 3.16. The van der Waals surface area contributed by atoms with E-state index in [-0.39, 0.29) is 11.5 Å². The van der Waals surface area contributed by atoms with Gasteiger partial charge >= 0.3 is 6.18 Å². The Morgan fingerprint density at radius 2 is 2.07 bits per heavy atom. The van der Waals surface area contributed by atoms with Gasteiger partial charge in [0.25, 0.3) is 5.91 Å². The summed E-state index contributed by atoms with van der Waals surface area (Å²) in [4.78, 5) is 17.9. The summed E-state index contributed by atoms with van der Waals surface area (Å²) < 4.78 is 51.0. The lowest BCUT2D eigenvalue weighted by Crippen LogP contribution is -2.25. The van der Waals surface area contributed by atoms with Crippen LogP contribution in [0.3, 0.4) is 0 Å². The van der Waals surface area contributed by atoms with Gasteiger partial charge in [0.05, 0.1) is 11.3 Å². The van der Waals surface area contributed by atoms with Gasteiger partial charge in [-0.1, -0.05) is 0 Å². The second-order valence-corrected chi connectivity index (χ2v) is 9.02. The first-order chi connectivity index (χ1) is 13.6. The number of nitrogens with zero attached hydrogens (tertiary/aromatic N) is 1. The van der Waals surface area contributed by atoms with Gasteiger partial charge in [0.15, 0.2) is 23.2 Å². The first-order valence-electron chi connectivity index (χ1n) is 9.45. The molecule has 4 rings (SSSR count). The van der Waals surface area contributed by atoms with E-state index in [1.54, 1.807) is 13.8 Å². The zero-order valence-corrected chi connectivity index (χ0v) is 16.9. The number of nitrogens with one attached hydrogen (secondary N) is 1. The van der Waals surface area contributed by atoms with Gasteiger partial charge in [-0.25, -0.2) is 4.98 Å². The molecule has 2 heterocycles. The Balaban J connectivity index is 1.48. The molecule has 2 aliphatic rings. The van der Waals surface area contributed by atoms with Gasteiger partial charge in [-0.3, -0.25) is 10.1 Å². The second-order valence-electron chi connectivity index (χ2n) is 7.93. The summed E-state index contributed by atoms with van der Waals surface area (Å²) in [5.74, 6) is -0.283. The Morgan fingerprint density at radius 3 is 2.79 bits per heavy atom. The van der Waals surface area contributed by atoms with Crippen LogP contribution in [0.4, 0.5) is 18.3 Å². The molecule has 1 N–H and O–H groups in total. The van der Waals surface area contributed by atoms with E-state index < -0.39 is 29.9 Å². The van der Waals surface area contributed by atoms with Gasteiger partial charge in [-0.2, -0.15) is 13.2 Å². The number of benzene rings is 1. The van der Waals surface area contributed by atoms with Crippen LogP contribution >= 0.6 is 11.3 Å². The van der Waals surface area contributed by atoms with Crippen LogP contribution < -0.4 is 14.8 Å². The summed E-state index contributed by atoms with van der Waals surface area (Å²) in [5, 5.41) is 3.18. The van der Waals surface area contributed by atoms with Crippen LogP contribution in [-0.4, -0.2) is 23.1 Å². The van der Waals surface area contributed by atoms with Gasteiger partial charge in [0.2, 0.25) is 0 Å². The van der Waals surface area contributed by atoms with Crippen molar-refractivity contribution in [3.8, 4) is 11.5 Å². The molecule has 5 nitrogen and oxygen atoms in total. The monoisotopic (exact) mass is 426 g/mol. The minimum Gasteiger partial charge on any atom is -0.483 e. The van der Waals surface area contributed by atoms with Crippen molar-refractivity contribution in [2.24, 2.45) is 0 Å². The summed E-state index contributed by atoms with van der Waals surface area (Å²) in [6.45, 7) is 3.16. The number of aromatic nitrogens is 1. The number of rotatable bonds is 4. The lowest BCUT2D eigenvalue weighted by molar-refractivity contribution is -0.137. The highest BCUT2D eigenvalue weighted by atomic mass is 32.1. The largest absolute Gasteiger partial charge is 0.483 e. The standard InChI is InChI=1S/C20H21F3N2O3S/c1-19(2)9-11-7-12(20(21,22)23)8-14(17(11)28-19)27-10-16(26)25-18-24-13-5-3-4-6-15(13)29-18/h7-8H,3-6,9-10H2,1-2H3,(H,24,25,26). The Labute approximate surface area is 170 Å². The van der Waals surface area contributed by atoms with E-state index in [9.17, 15) is 18.0 Å². The number of hydrogen-bond acceptors (Lipinski definition) is 5. The number of amides is 1. The molecule has 2 aromatic rings. The van der Waals surface area contributed by atoms with Gasteiger partial charge in [0.1, 0.15) is 5.60 Å². The number of ether oxygens (including phenoxy) is 2. The third kappa shape index (κ3) is 4.34. The second kappa shape index (κ2) is 7.19. The lowest BCUT2D eigenvalue weighted by Gasteiger charge is -2.18. The minimum absolute atomic E-state index is 0.0750. The SMILES string of the molecule is CC1(C)Cc2cc(C(F)(F)F)cc(OCC(=O)Nc3nc4c(s3)CCCC4)c2O1. The van der Waals surface area contributed by atoms with Crippen LogP contribution in [0.25, 0.3) is 0 Å². The topological polar surface area (TPSA) is 60.5 Å². The van der Waals surface area contributed by atoms with Crippen molar-refractivity contribution >= 4 is 22.4 Å². The first-order valence-corrected chi connectivity index (χ1v) is 10.3. The van der Waals surface area contributed by atoms with Crippen molar-refractivity contribution in [1.29, 1.82) is 0 Å². The van der Waals surface area contributed by atoms with Crippen molar-refractivity contribution < 1.29 is 27.4 Å². The zero-order valence-electron chi connectivity index (χ0n) is 16.1. The molecule has 0 radical (unpaired) electrons. The van der Waals surface area contributed by atoms with Gasteiger partial charge in [-0.15, -0.1) is 11.3 Å². The minimum atomic E-state index is -4.51. The molecule has 1 aromatic heterocycles. The Morgan fingerprint density at radius 1 is 1.31 bits per heavy atom. The van der Waals surface area contributed by atoms with Crippen LogP contribution in [0.5, 0.6) is 11.5 Å². The third-order valence-electron chi connectivity index (χ3n) is 4.90. The van der Waals surface area contributed by atoms with E-state index in [1.807, 2.05) is 0 Å². The number of fused-ring (bicyclic) bond motifs is 2. The number of carbonyl (C=O) groups is 1. The fourth-order valence-electron chi connectivity index (χ4n) is 3.65. The number of carbonyl (C=O) groups excluding carboxylic acids is 1. The first kappa shape index (κ1) is 20.0. The summed E-state index contributed by atoms with van der Waals surface area (Å²) in [5.41, 5.74) is -0.00966. The number of alkyl halides is 3. The van der Waals surface area contributed by atoms with Crippen molar-refractivity contribution in [3.05, 3.63) is 33.8 Å². The number of hydrogen-bond donors (Lipinski definition) is 1. The predicted molar refractivity (Wildman–Crippen MR) is 103 cm³/mol. The Bertz CT molecular complexity index is 930. The average molecular weight is 426 g/mol. The van der Waals surface area contributed by atoms with E-state index in [1.165, 1.54) is 16.2 Å². The van der Waals surface area contributed by atoms with Crippen molar-refractivity contribution in [1.82, 2.24) is 4.98 Å². The number of halogens is 3. The molecule has 156 valence electrons. The van der Waals surface area contributed by atoms with Crippen LogP contribution in [0.15, 0.2) is 12.1 Å². The molecular formula is C20H21F3N2O3S. The maximum absolute atomic E-state index is 13.2. The van der Waals surface area contributed by atoms with Gasteiger partial charge in [0, 0.05) is 16.9 Å². The number of thiazole rings is 1. The Kier molecular flexibility index (Phi) is 4.96. The molecule has 1 aliphatic heterocycles.